The molecule has 0 radical (unpaired) electrons. The summed E-state index contributed by atoms with van der Waals surface area (Å²) in [5.74, 6) is -3.08. The molecule has 2 aliphatic rings. The van der Waals surface area contributed by atoms with Crippen molar-refractivity contribution < 1.29 is 28.0 Å². The Labute approximate surface area is 157 Å². The number of phenolic OH excluding ortho intramolecular Hbond substituents is 1. The molecule has 1 aromatic carbocycles. The van der Waals surface area contributed by atoms with E-state index < -0.39 is 37.1 Å². The van der Waals surface area contributed by atoms with Gasteiger partial charge in [-0.2, -0.15) is 0 Å². The van der Waals surface area contributed by atoms with E-state index >= 15 is 0 Å². The van der Waals surface area contributed by atoms with Crippen molar-refractivity contribution in [1.82, 2.24) is 0 Å². The van der Waals surface area contributed by atoms with Crippen LogP contribution in [0.2, 0.25) is 0 Å². The van der Waals surface area contributed by atoms with E-state index in [2.05, 4.69) is 6.92 Å². The first-order valence-electron chi connectivity index (χ1n) is 11.8. The standard InChI is InChI=1S/C21H28O4/c1-4-5-6-7-13-10-17(22)19-15-12-14(20(23)24)8-9-16(15)21(2,3)25-18(19)11-13/h8,10-11,15-16,22H,4-7,9,12H2,1-3H3,(H,23,24)/i2D3,3D3. The number of rotatable bonds is 5. The van der Waals surface area contributed by atoms with Gasteiger partial charge in [0.15, 0.2) is 0 Å². The van der Waals surface area contributed by atoms with E-state index in [1.165, 1.54) is 6.08 Å². The number of aliphatic carboxylic acids is 1. The minimum Gasteiger partial charge on any atom is -0.508 e. The van der Waals surface area contributed by atoms with Crippen LogP contribution in [0.1, 0.15) is 78.0 Å². The lowest BCUT2D eigenvalue weighted by Gasteiger charge is -2.46. The first-order valence-corrected chi connectivity index (χ1v) is 8.80. The van der Waals surface area contributed by atoms with Crippen molar-refractivity contribution in [1.29, 1.82) is 0 Å². The number of allylic oxidation sites excluding steroid dienone is 1. The summed E-state index contributed by atoms with van der Waals surface area (Å²) in [5, 5.41) is 20.3. The number of aryl methyl sites for hydroxylation is 1. The van der Waals surface area contributed by atoms with Crippen LogP contribution in [0.25, 0.3) is 0 Å². The van der Waals surface area contributed by atoms with E-state index in [1.54, 1.807) is 12.1 Å². The van der Waals surface area contributed by atoms with Gasteiger partial charge >= 0.3 is 5.97 Å². The third-order valence-electron chi connectivity index (χ3n) is 5.23. The summed E-state index contributed by atoms with van der Waals surface area (Å²) in [4.78, 5) is 11.6. The van der Waals surface area contributed by atoms with Crippen LogP contribution in [-0.2, 0) is 11.2 Å². The van der Waals surface area contributed by atoms with E-state index in [1.807, 2.05) is 0 Å². The number of carboxylic acids is 1. The molecule has 2 unspecified atom stereocenters. The maximum absolute atomic E-state index is 11.6. The molecule has 0 bridgehead atoms. The fourth-order valence-electron chi connectivity index (χ4n) is 3.92. The van der Waals surface area contributed by atoms with Gasteiger partial charge in [0.05, 0.1) is 0 Å². The van der Waals surface area contributed by atoms with Crippen molar-refractivity contribution in [3.63, 3.8) is 0 Å². The molecule has 1 heterocycles. The number of unbranched alkanes of at least 4 members (excludes halogenated alkanes) is 2. The van der Waals surface area contributed by atoms with Gasteiger partial charge in [0, 0.05) is 31.2 Å². The molecule has 0 aromatic heterocycles. The van der Waals surface area contributed by atoms with Gasteiger partial charge in [-0.1, -0.05) is 25.8 Å². The highest BCUT2D eigenvalue weighted by atomic mass is 16.5. The Morgan fingerprint density at radius 3 is 2.88 bits per heavy atom. The molecule has 3 rings (SSSR count). The van der Waals surface area contributed by atoms with Crippen LogP contribution in [0.15, 0.2) is 23.8 Å². The highest BCUT2D eigenvalue weighted by Crippen LogP contribution is 2.54. The number of benzene rings is 1. The number of carbonyl (C=O) groups is 1. The monoisotopic (exact) mass is 350 g/mol. The maximum Gasteiger partial charge on any atom is 0.331 e. The summed E-state index contributed by atoms with van der Waals surface area (Å²) < 4.78 is 54.6. The van der Waals surface area contributed by atoms with Crippen molar-refractivity contribution in [2.45, 2.75) is 70.7 Å². The van der Waals surface area contributed by atoms with E-state index in [-0.39, 0.29) is 29.9 Å². The molecule has 4 nitrogen and oxygen atoms in total. The van der Waals surface area contributed by atoms with Gasteiger partial charge in [-0.3, -0.25) is 0 Å². The van der Waals surface area contributed by atoms with Gasteiger partial charge in [0.25, 0.3) is 0 Å². The lowest BCUT2D eigenvalue weighted by atomic mass is 9.67. The third kappa shape index (κ3) is 3.39. The van der Waals surface area contributed by atoms with Crippen LogP contribution in [-0.4, -0.2) is 21.8 Å². The van der Waals surface area contributed by atoms with Gasteiger partial charge in [0.1, 0.15) is 17.1 Å². The smallest absolute Gasteiger partial charge is 0.331 e. The van der Waals surface area contributed by atoms with Gasteiger partial charge in [-0.15, -0.1) is 0 Å². The molecular weight excluding hydrogens is 316 g/mol. The summed E-state index contributed by atoms with van der Waals surface area (Å²) in [5.41, 5.74) is -1.42. The number of ether oxygens (including phenoxy) is 1. The summed E-state index contributed by atoms with van der Waals surface area (Å²) in [6.07, 6.45) is 4.68. The molecule has 0 saturated heterocycles. The molecule has 1 aliphatic carbocycles. The van der Waals surface area contributed by atoms with Crippen LogP contribution < -0.4 is 4.74 Å². The van der Waals surface area contributed by atoms with Gasteiger partial charge in [0.2, 0.25) is 0 Å². The zero-order valence-corrected chi connectivity index (χ0v) is 14.3. The molecule has 25 heavy (non-hydrogen) atoms. The molecule has 0 saturated carbocycles. The van der Waals surface area contributed by atoms with Crippen LogP contribution in [0.3, 0.4) is 0 Å². The number of carboxylic acid groups (broad SMARTS) is 1. The number of fused-ring (bicyclic) bond motifs is 3. The van der Waals surface area contributed by atoms with Crippen molar-refractivity contribution in [3.05, 3.63) is 34.9 Å². The second-order valence-corrected chi connectivity index (χ2v) is 7.01. The van der Waals surface area contributed by atoms with E-state index in [0.29, 0.717) is 12.0 Å². The van der Waals surface area contributed by atoms with Crippen molar-refractivity contribution in [2.24, 2.45) is 5.92 Å². The summed E-state index contributed by atoms with van der Waals surface area (Å²) in [6.45, 7) is -3.94. The van der Waals surface area contributed by atoms with Crippen LogP contribution in [0.4, 0.5) is 0 Å². The highest BCUT2D eigenvalue weighted by Gasteiger charge is 2.46. The van der Waals surface area contributed by atoms with Gasteiger partial charge in [-0.05, 0) is 57.1 Å². The van der Waals surface area contributed by atoms with E-state index in [4.69, 9.17) is 13.0 Å². The average molecular weight is 350 g/mol. The Morgan fingerprint density at radius 2 is 2.20 bits per heavy atom. The molecule has 0 fully saturated rings. The summed E-state index contributed by atoms with van der Waals surface area (Å²) in [6, 6.07) is 3.19. The molecule has 4 heteroatoms. The average Bonchev–Trinajstić information content (AvgIpc) is 2.64. The predicted octanol–water partition coefficient (Wildman–Crippen LogP) is 4.80. The summed E-state index contributed by atoms with van der Waals surface area (Å²) >= 11 is 0. The van der Waals surface area contributed by atoms with Crippen LogP contribution >= 0.6 is 0 Å². The van der Waals surface area contributed by atoms with Crippen molar-refractivity contribution >= 4 is 5.97 Å². The predicted molar refractivity (Wildman–Crippen MR) is 97.2 cm³/mol. The third-order valence-corrected chi connectivity index (χ3v) is 5.23. The first-order chi connectivity index (χ1) is 14.3. The molecule has 136 valence electrons. The molecular formula is C21H28O4. The lowest BCUT2D eigenvalue weighted by molar-refractivity contribution is -0.133. The maximum atomic E-state index is 11.6. The Balaban J connectivity index is 2.21. The number of hydrogen-bond donors (Lipinski definition) is 2. The van der Waals surface area contributed by atoms with Gasteiger partial charge < -0.3 is 14.9 Å². The molecule has 1 aliphatic heterocycles. The van der Waals surface area contributed by atoms with Crippen LogP contribution in [0.5, 0.6) is 11.5 Å². The fourth-order valence-corrected chi connectivity index (χ4v) is 3.92. The Kier molecular flexibility index (Phi) is 3.13. The zero-order chi connectivity index (χ0) is 23.2. The topological polar surface area (TPSA) is 66.8 Å². The number of aromatic hydroxyl groups is 1. The second kappa shape index (κ2) is 6.74. The molecule has 0 amide bonds. The molecule has 0 spiro atoms. The molecule has 2 atom stereocenters. The zero-order valence-electron chi connectivity index (χ0n) is 20.3. The largest absolute Gasteiger partial charge is 0.508 e. The lowest BCUT2D eigenvalue weighted by Crippen LogP contribution is -2.45. The fraction of sp³-hybridized carbons (Fsp3) is 0.571. The normalized spacial score (nSPS) is 28.4. The van der Waals surface area contributed by atoms with Gasteiger partial charge in [-0.25, -0.2) is 4.79 Å². The number of phenols is 1. The SMILES string of the molecule is [2H]C([2H])([2H])C1(C([2H])([2H])[2H])Oc2cc(CCCCC)cc(O)c2C2CC(C(=O)O)=CCC21. The highest BCUT2D eigenvalue weighted by molar-refractivity contribution is 5.87. The Morgan fingerprint density at radius 1 is 1.40 bits per heavy atom. The van der Waals surface area contributed by atoms with E-state index in [9.17, 15) is 15.0 Å². The van der Waals surface area contributed by atoms with Crippen molar-refractivity contribution in [3.8, 4) is 11.5 Å². The van der Waals surface area contributed by atoms with Crippen LogP contribution in [0, 0.1) is 5.92 Å². The second-order valence-electron chi connectivity index (χ2n) is 7.01. The summed E-state index contributed by atoms with van der Waals surface area (Å²) in [7, 11) is 0. The van der Waals surface area contributed by atoms with Crippen molar-refractivity contribution in [2.75, 3.05) is 0 Å². The Hall–Kier alpha value is -1.97. The molecule has 2 N–H and O–H groups in total. The Bertz CT molecular complexity index is 873. The quantitative estimate of drug-likeness (QED) is 0.749. The van der Waals surface area contributed by atoms with E-state index in [0.717, 1.165) is 24.8 Å². The molecule has 1 aromatic rings. The number of hydrogen-bond acceptors (Lipinski definition) is 3. The minimum atomic E-state index is -3.00. The minimum absolute atomic E-state index is 0.0200. The first kappa shape index (κ1) is 11.6.